The minimum absolute atomic E-state index is 0.0785. The number of rotatable bonds is 5. The van der Waals surface area contributed by atoms with Gasteiger partial charge in [0.1, 0.15) is 0 Å². The zero-order valence-corrected chi connectivity index (χ0v) is 12.3. The van der Waals surface area contributed by atoms with Gasteiger partial charge in [0.15, 0.2) is 0 Å². The summed E-state index contributed by atoms with van der Waals surface area (Å²) in [6.07, 6.45) is 1.22. The zero-order chi connectivity index (χ0) is 13.7. The third-order valence-electron chi connectivity index (χ3n) is 3.08. The molecule has 1 N–H and O–H groups in total. The Balaban J connectivity index is 1.85. The highest BCUT2D eigenvalue weighted by atomic mass is 32.2. The maximum atomic E-state index is 11.7. The van der Waals surface area contributed by atoms with Gasteiger partial charge in [0.05, 0.1) is 11.7 Å². The lowest BCUT2D eigenvalue weighted by molar-refractivity contribution is 0.0378. The van der Waals surface area contributed by atoms with E-state index in [4.69, 9.17) is 4.74 Å². The summed E-state index contributed by atoms with van der Waals surface area (Å²) in [5.41, 5.74) is 1.67. The molecule has 0 radical (unpaired) electrons. The van der Waals surface area contributed by atoms with Crippen molar-refractivity contribution in [3.63, 3.8) is 0 Å². The van der Waals surface area contributed by atoms with E-state index in [1.165, 1.54) is 17.9 Å². The van der Waals surface area contributed by atoms with Crippen LogP contribution in [0.15, 0.2) is 24.3 Å². The van der Waals surface area contributed by atoms with Crippen molar-refractivity contribution in [2.75, 3.05) is 23.4 Å². The molecule has 1 aliphatic heterocycles. The number of ether oxygens (including phenoxy) is 1. The van der Waals surface area contributed by atoms with Crippen LogP contribution in [-0.4, -0.2) is 30.1 Å². The van der Waals surface area contributed by atoms with E-state index < -0.39 is 0 Å². The maximum Gasteiger partial charge on any atom is 0.338 e. The summed E-state index contributed by atoms with van der Waals surface area (Å²) in [5, 5.41) is 3.43. The van der Waals surface area contributed by atoms with Crippen LogP contribution in [0.4, 0.5) is 5.69 Å². The minimum atomic E-state index is -0.256. The molecule has 1 aromatic rings. The van der Waals surface area contributed by atoms with Crippen LogP contribution in [0.3, 0.4) is 0 Å². The van der Waals surface area contributed by atoms with E-state index in [1.807, 2.05) is 49.9 Å². The number of carbonyl (C=O) groups is 1. The molecule has 104 valence electrons. The molecular weight excluding hydrogens is 258 g/mol. The second-order valence-corrected chi connectivity index (χ2v) is 6.29. The topological polar surface area (TPSA) is 38.3 Å². The zero-order valence-electron chi connectivity index (χ0n) is 11.5. The first-order chi connectivity index (χ1) is 9.15. The van der Waals surface area contributed by atoms with Gasteiger partial charge in [-0.1, -0.05) is 0 Å². The molecule has 4 heteroatoms. The van der Waals surface area contributed by atoms with E-state index in [-0.39, 0.29) is 12.1 Å². The van der Waals surface area contributed by atoms with Gasteiger partial charge >= 0.3 is 5.97 Å². The molecule has 0 aromatic heterocycles. The van der Waals surface area contributed by atoms with Gasteiger partial charge < -0.3 is 10.1 Å². The van der Waals surface area contributed by atoms with Crippen LogP contribution >= 0.6 is 11.8 Å². The standard InChI is InChI=1S/C15H21NO2S/c1-11(2)18-15(17)13-3-5-14(6-4-13)16-9-12-7-8-19-10-12/h3-6,11-12,16H,7-10H2,1-2H3. The molecule has 1 heterocycles. The van der Waals surface area contributed by atoms with Crippen molar-refractivity contribution in [3.8, 4) is 0 Å². The third-order valence-corrected chi connectivity index (χ3v) is 4.31. The van der Waals surface area contributed by atoms with Crippen molar-refractivity contribution < 1.29 is 9.53 Å². The second-order valence-electron chi connectivity index (χ2n) is 5.14. The Kier molecular flexibility index (Phi) is 5.14. The summed E-state index contributed by atoms with van der Waals surface area (Å²) in [7, 11) is 0. The monoisotopic (exact) mass is 279 g/mol. The Labute approximate surface area is 119 Å². The van der Waals surface area contributed by atoms with Crippen LogP contribution in [0, 0.1) is 5.92 Å². The highest BCUT2D eigenvalue weighted by Gasteiger charge is 2.15. The lowest BCUT2D eigenvalue weighted by Gasteiger charge is -2.12. The first-order valence-corrected chi connectivity index (χ1v) is 7.93. The average Bonchev–Trinajstić information content (AvgIpc) is 2.89. The molecule has 1 saturated heterocycles. The van der Waals surface area contributed by atoms with Crippen molar-refractivity contribution in [3.05, 3.63) is 29.8 Å². The molecular formula is C15H21NO2S. The molecule has 1 fully saturated rings. The molecule has 0 bridgehead atoms. The largest absolute Gasteiger partial charge is 0.459 e. The van der Waals surface area contributed by atoms with E-state index in [0.717, 1.165) is 18.2 Å². The van der Waals surface area contributed by atoms with Crippen LogP contribution < -0.4 is 5.32 Å². The number of nitrogens with one attached hydrogen (secondary N) is 1. The molecule has 0 aliphatic carbocycles. The van der Waals surface area contributed by atoms with Gasteiger partial charge in [-0.2, -0.15) is 11.8 Å². The Hall–Kier alpha value is -1.16. The Bertz CT molecular complexity index is 411. The molecule has 0 spiro atoms. The molecule has 1 aromatic carbocycles. The quantitative estimate of drug-likeness (QED) is 0.838. The number of anilines is 1. The van der Waals surface area contributed by atoms with Gasteiger partial charge in [-0.15, -0.1) is 0 Å². The number of esters is 1. The predicted octanol–water partition coefficient (Wildman–Crippen LogP) is 3.42. The normalized spacial score (nSPS) is 18.6. The predicted molar refractivity (Wildman–Crippen MR) is 80.9 cm³/mol. The maximum absolute atomic E-state index is 11.7. The highest BCUT2D eigenvalue weighted by Crippen LogP contribution is 2.23. The van der Waals surface area contributed by atoms with Crippen molar-refractivity contribution in [2.45, 2.75) is 26.4 Å². The molecule has 1 aliphatic rings. The van der Waals surface area contributed by atoms with Crippen LogP contribution in [-0.2, 0) is 4.74 Å². The fourth-order valence-corrected chi connectivity index (χ4v) is 3.30. The molecule has 1 atom stereocenters. The van der Waals surface area contributed by atoms with Gasteiger partial charge in [-0.3, -0.25) is 0 Å². The molecule has 0 amide bonds. The van der Waals surface area contributed by atoms with Crippen molar-refractivity contribution in [1.29, 1.82) is 0 Å². The number of hydrogen-bond acceptors (Lipinski definition) is 4. The smallest absolute Gasteiger partial charge is 0.338 e. The van der Waals surface area contributed by atoms with Gasteiger partial charge in [-0.05, 0) is 62.0 Å². The van der Waals surface area contributed by atoms with E-state index in [9.17, 15) is 4.79 Å². The molecule has 2 rings (SSSR count). The van der Waals surface area contributed by atoms with Gasteiger partial charge in [0.25, 0.3) is 0 Å². The summed E-state index contributed by atoms with van der Waals surface area (Å²) in [4.78, 5) is 11.7. The molecule has 19 heavy (non-hydrogen) atoms. The Morgan fingerprint density at radius 1 is 1.42 bits per heavy atom. The minimum Gasteiger partial charge on any atom is -0.459 e. The Morgan fingerprint density at radius 2 is 2.16 bits per heavy atom. The summed E-state index contributed by atoms with van der Waals surface area (Å²) in [6, 6.07) is 7.52. The number of carbonyl (C=O) groups excluding carboxylic acids is 1. The van der Waals surface area contributed by atoms with Crippen LogP contribution in [0.2, 0.25) is 0 Å². The van der Waals surface area contributed by atoms with Crippen molar-refractivity contribution in [2.24, 2.45) is 5.92 Å². The SMILES string of the molecule is CC(C)OC(=O)c1ccc(NCC2CCSC2)cc1. The fourth-order valence-electron chi connectivity index (χ4n) is 2.01. The van der Waals surface area contributed by atoms with Crippen molar-refractivity contribution in [1.82, 2.24) is 0 Å². The summed E-state index contributed by atoms with van der Waals surface area (Å²) >= 11 is 2.03. The molecule has 1 unspecified atom stereocenters. The number of benzene rings is 1. The first kappa shape index (κ1) is 14.3. The fraction of sp³-hybridized carbons (Fsp3) is 0.533. The van der Waals surface area contributed by atoms with E-state index >= 15 is 0 Å². The van der Waals surface area contributed by atoms with Crippen LogP contribution in [0.25, 0.3) is 0 Å². The lowest BCUT2D eigenvalue weighted by Crippen LogP contribution is -2.14. The molecule has 0 saturated carbocycles. The third kappa shape index (κ3) is 4.46. The first-order valence-electron chi connectivity index (χ1n) is 6.78. The van der Waals surface area contributed by atoms with E-state index in [2.05, 4.69) is 5.32 Å². The second kappa shape index (κ2) is 6.85. The highest BCUT2D eigenvalue weighted by molar-refractivity contribution is 7.99. The average molecular weight is 279 g/mol. The number of thioether (sulfide) groups is 1. The van der Waals surface area contributed by atoms with Crippen molar-refractivity contribution >= 4 is 23.4 Å². The van der Waals surface area contributed by atoms with Gasteiger partial charge in [0.2, 0.25) is 0 Å². The Morgan fingerprint density at radius 3 is 2.74 bits per heavy atom. The van der Waals surface area contributed by atoms with E-state index in [1.54, 1.807) is 0 Å². The van der Waals surface area contributed by atoms with E-state index in [0.29, 0.717) is 5.56 Å². The van der Waals surface area contributed by atoms with Gasteiger partial charge in [0, 0.05) is 12.2 Å². The molecule has 3 nitrogen and oxygen atoms in total. The number of hydrogen-bond donors (Lipinski definition) is 1. The lowest BCUT2D eigenvalue weighted by atomic mass is 10.1. The van der Waals surface area contributed by atoms with Gasteiger partial charge in [-0.25, -0.2) is 4.79 Å². The summed E-state index contributed by atoms with van der Waals surface area (Å²) in [5.74, 6) is 3.06. The van der Waals surface area contributed by atoms with Crippen LogP contribution in [0.1, 0.15) is 30.6 Å². The van der Waals surface area contributed by atoms with Crippen LogP contribution in [0.5, 0.6) is 0 Å². The summed E-state index contributed by atoms with van der Waals surface area (Å²) < 4.78 is 5.16. The summed E-state index contributed by atoms with van der Waals surface area (Å²) in [6.45, 7) is 4.73.